The van der Waals surface area contributed by atoms with Crippen molar-refractivity contribution in [3.05, 3.63) is 114 Å². The average Bonchev–Trinajstić information content (AvgIpc) is 2.99. The number of sulfonamides is 1. The van der Waals surface area contributed by atoms with Gasteiger partial charge in [0.15, 0.2) is 0 Å². The van der Waals surface area contributed by atoms with Crippen LogP contribution in [0.15, 0.2) is 103 Å². The third kappa shape index (κ3) is 9.44. The number of aromatic nitrogens is 1. The minimum absolute atomic E-state index is 0. The molecule has 0 unspecified atom stereocenters. The van der Waals surface area contributed by atoms with Gasteiger partial charge in [0.05, 0.1) is 6.26 Å². The molecule has 0 saturated carbocycles. The molecule has 1 fully saturated rings. The molecule has 43 heavy (non-hydrogen) atoms. The highest BCUT2D eigenvalue weighted by molar-refractivity contribution is 7.92. The second kappa shape index (κ2) is 14.9. The second-order valence-electron chi connectivity index (χ2n) is 10.4. The molecule has 3 aromatic carbocycles. The van der Waals surface area contributed by atoms with Crippen molar-refractivity contribution in [3.8, 4) is 11.6 Å². The molecule has 11 heteroatoms. The van der Waals surface area contributed by atoms with Crippen molar-refractivity contribution in [2.75, 3.05) is 29.0 Å². The fourth-order valence-electron chi connectivity index (χ4n) is 5.03. The number of amides is 2. The van der Waals surface area contributed by atoms with Crippen LogP contribution in [-0.4, -0.2) is 49.7 Å². The van der Waals surface area contributed by atoms with Crippen LogP contribution in [0, 0.1) is 0 Å². The summed E-state index contributed by atoms with van der Waals surface area (Å²) in [5, 5.41) is 3.11. The van der Waals surface area contributed by atoms with E-state index in [1.165, 1.54) is 0 Å². The van der Waals surface area contributed by atoms with E-state index < -0.39 is 10.0 Å². The maximum atomic E-state index is 13.4. The van der Waals surface area contributed by atoms with E-state index in [1.807, 2.05) is 83.9 Å². The maximum absolute atomic E-state index is 13.4. The lowest BCUT2D eigenvalue weighted by molar-refractivity contribution is 0.197. The molecule has 4 aromatic rings. The molecule has 1 aliphatic rings. The topological polar surface area (TPSA) is 104 Å². The summed E-state index contributed by atoms with van der Waals surface area (Å²) >= 11 is 0. The van der Waals surface area contributed by atoms with Gasteiger partial charge in [0.25, 0.3) is 0 Å². The molecule has 5 rings (SSSR count). The van der Waals surface area contributed by atoms with Crippen LogP contribution in [0.3, 0.4) is 0 Å². The molecule has 1 aliphatic heterocycles. The molecular weight excluding hydrogens is 586 g/mol. The third-order valence-corrected chi connectivity index (χ3v) is 7.65. The highest BCUT2D eigenvalue weighted by Gasteiger charge is 2.29. The summed E-state index contributed by atoms with van der Waals surface area (Å²) in [4.78, 5) is 22.1. The Hall–Kier alpha value is -4.12. The summed E-state index contributed by atoms with van der Waals surface area (Å²) < 4.78 is 31.0. The summed E-state index contributed by atoms with van der Waals surface area (Å²) in [6.07, 6.45) is 4.66. The van der Waals surface area contributed by atoms with Gasteiger partial charge in [0.2, 0.25) is 15.9 Å². The predicted molar refractivity (Wildman–Crippen MR) is 172 cm³/mol. The number of hydrogen-bond donors (Lipinski definition) is 2. The highest BCUT2D eigenvalue weighted by atomic mass is 35.5. The molecule has 0 radical (unpaired) electrons. The number of carbonyl (C=O) groups is 1. The number of hydrogen-bond acceptors (Lipinski definition) is 6. The Bertz CT molecular complexity index is 1550. The van der Waals surface area contributed by atoms with Gasteiger partial charge < -0.3 is 10.1 Å². The molecule has 1 aromatic heterocycles. The van der Waals surface area contributed by atoms with Crippen molar-refractivity contribution in [1.29, 1.82) is 0 Å². The zero-order valence-electron chi connectivity index (χ0n) is 23.9. The van der Waals surface area contributed by atoms with E-state index in [-0.39, 0.29) is 24.5 Å². The summed E-state index contributed by atoms with van der Waals surface area (Å²) in [5.41, 5.74) is 3.52. The smallest absolute Gasteiger partial charge is 0.322 e. The molecule has 2 amide bonds. The normalized spacial score (nSPS) is 13.9. The van der Waals surface area contributed by atoms with Crippen molar-refractivity contribution in [2.45, 2.75) is 32.0 Å². The van der Waals surface area contributed by atoms with Crippen LogP contribution in [0.25, 0.3) is 0 Å². The van der Waals surface area contributed by atoms with Gasteiger partial charge in [0.1, 0.15) is 5.75 Å². The third-order valence-electron chi connectivity index (χ3n) is 7.05. The van der Waals surface area contributed by atoms with Crippen LogP contribution in [0.4, 0.5) is 16.2 Å². The molecule has 0 aliphatic carbocycles. The van der Waals surface area contributed by atoms with Crippen LogP contribution in [0.2, 0.25) is 0 Å². The first-order valence-corrected chi connectivity index (χ1v) is 15.8. The summed E-state index contributed by atoms with van der Waals surface area (Å²) in [6, 6.07) is 30.3. The number of para-hydroxylation sites is 1. The molecule has 1 saturated heterocycles. The van der Waals surface area contributed by atoms with Gasteiger partial charge in [-0.15, -0.1) is 12.4 Å². The largest absolute Gasteiger partial charge is 0.439 e. The number of nitrogens with zero attached hydrogens (tertiary/aromatic N) is 3. The Morgan fingerprint density at radius 1 is 0.907 bits per heavy atom. The van der Waals surface area contributed by atoms with Gasteiger partial charge in [-0.2, -0.15) is 0 Å². The van der Waals surface area contributed by atoms with Gasteiger partial charge in [-0.05, 0) is 60.4 Å². The van der Waals surface area contributed by atoms with Crippen molar-refractivity contribution in [2.24, 2.45) is 0 Å². The molecule has 2 heterocycles. The zero-order valence-corrected chi connectivity index (χ0v) is 25.6. The number of likely N-dealkylation sites (tertiary alicyclic amines) is 1. The Labute approximate surface area is 259 Å². The first-order chi connectivity index (χ1) is 20.3. The molecule has 9 nitrogen and oxygen atoms in total. The van der Waals surface area contributed by atoms with E-state index in [0.29, 0.717) is 23.9 Å². The maximum Gasteiger partial charge on any atom is 0.322 e. The van der Waals surface area contributed by atoms with Crippen LogP contribution in [0.1, 0.15) is 24.0 Å². The fraction of sp³-hybridized carbons (Fsp3) is 0.250. The highest BCUT2D eigenvalue weighted by Crippen LogP contribution is 2.26. The summed E-state index contributed by atoms with van der Waals surface area (Å²) in [6.45, 7) is 2.98. The molecule has 2 N–H and O–H groups in total. The first-order valence-electron chi connectivity index (χ1n) is 13.9. The number of urea groups is 1. The summed E-state index contributed by atoms with van der Waals surface area (Å²) in [7, 11) is -3.33. The van der Waals surface area contributed by atoms with Crippen molar-refractivity contribution in [1.82, 2.24) is 15.2 Å². The Morgan fingerprint density at radius 3 is 2.16 bits per heavy atom. The van der Waals surface area contributed by atoms with Crippen LogP contribution < -0.4 is 19.7 Å². The van der Waals surface area contributed by atoms with E-state index in [4.69, 9.17) is 4.74 Å². The molecule has 0 bridgehead atoms. The SMILES string of the molecule is CS(=O)(=O)Nc1ccc(Oc2ccc(CN3CCC(N(C(=O)NCc4ccccc4)c4ccccc4)CC3)cn2)cc1.Cl. The minimum Gasteiger partial charge on any atom is -0.439 e. The lowest BCUT2D eigenvalue weighted by atomic mass is 10.0. The van der Waals surface area contributed by atoms with E-state index in [2.05, 4.69) is 19.9 Å². The van der Waals surface area contributed by atoms with Gasteiger partial charge >= 0.3 is 6.03 Å². The van der Waals surface area contributed by atoms with Crippen molar-refractivity contribution < 1.29 is 17.9 Å². The molecular formula is C32H36ClN5O4S. The lowest BCUT2D eigenvalue weighted by Gasteiger charge is -2.38. The van der Waals surface area contributed by atoms with Crippen molar-refractivity contribution >= 4 is 39.8 Å². The summed E-state index contributed by atoms with van der Waals surface area (Å²) in [5.74, 6) is 1.02. The number of piperidine rings is 1. The number of benzene rings is 3. The molecule has 226 valence electrons. The Balaban J connectivity index is 0.00000423. The van der Waals surface area contributed by atoms with E-state index in [1.54, 1.807) is 24.3 Å². The number of ether oxygens (including phenoxy) is 1. The van der Waals surface area contributed by atoms with Crippen LogP contribution in [0.5, 0.6) is 11.6 Å². The quantitative estimate of drug-likeness (QED) is 0.224. The first kappa shape index (κ1) is 31.8. The number of rotatable bonds is 10. The van der Waals surface area contributed by atoms with Crippen LogP contribution >= 0.6 is 12.4 Å². The Kier molecular flexibility index (Phi) is 11.0. The number of pyridine rings is 1. The number of nitrogens with one attached hydrogen (secondary N) is 2. The molecule has 0 atom stereocenters. The van der Waals surface area contributed by atoms with E-state index in [0.717, 1.165) is 55.5 Å². The van der Waals surface area contributed by atoms with Gasteiger partial charge in [-0.1, -0.05) is 54.6 Å². The zero-order chi connectivity index (χ0) is 29.4. The van der Waals surface area contributed by atoms with E-state index >= 15 is 0 Å². The molecule has 0 spiro atoms. The van der Waals surface area contributed by atoms with Gasteiger partial charge in [0, 0.05) is 55.9 Å². The van der Waals surface area contributed by atoms with Gasteiger partial charge in [-0.3, -0.25) is 14.5 Å². The average molecular weight is 622 g/mol. The Morgan fingerprint density at radius 2 is 1.56 bits per heavy atom. The number of carbonyl (C=O) groups excluding carboxylic acids is 1. The second-order valence-corrected chi connectivity index (χ2v) is 12.1. The van der Waals surface area contributed by atoms with Crippen molar-refractivity contribution in [3.63, 3.8) is 0 Å². The van der Waals surface area contributed by atoms with Gasteiger partial charge in [-0.25, -0.2) is 18.2 Å². The monoisotopic (exact) mass is 621 g/mol. The minimum atomic E-state index is -3.33. The number of halogens is 1. The fourth-order valence-corrected chi connectivity index (χ4v) is 5.59. The lowest BCUT2D eigenvalue weighted by Crippen LogP contribution is -2.50. The van der Waals surface area contributed by atoms with Crippen LogP contribution in [-0.2, 0) is 23.1 Å². The standard InChI is InChI=1S/C32H35N5O4S.ClH/c1-42(39,40)35-27-13-15-30(16-14-27)41-31-17-12-26(23-33-31)24-36-20-18-29(19-21-36)37(28-10-6-3-7-11-28)32(38)34-22-25-8-4-2-5-9-25;/h2-17,23,29,35H,18-22,24H2,1H3,(H,34,38);1H. The van der Waals surface area contributed by atoms with E-state index in [9.17, 15) is 13.2 Å². The predicted octanol–water partition coefficient (Wildman–Crippen LogP) is 6.05. The number of anilines is 2.